The number of rotatable bonds is 6. The summed E-state index contributed by atoms with van der Waals surface area (Å²) >= 11 is 0. The van der Waals surface area contributed by atoms with E-state index >= 15 is 13.2 Å². The SMILES string of the molecule is Cc1cc(C)cc(-c2ccc3c4ccccc4n(-c4cc(C(F)(F)F)c(-n5c6ccccc6c6ccc(-c7cc(C)cc(C)c7)cc65)cc4-c4cccc(-c5ccccc5)n4)c3c2)c1. The minimum absolute atomic E-state index is 0.0265. The van der Waals surface area contributed by atoms with Crippen LogP contribution in [-0.2, 0) is 6.18 Å². The van der Waals surface area contributed by atoms with Crippen LogP contribution in [0.4, 0.5) is 13.2 Å². The van der Waals surface area contributed by atoms with Gasteiger partial charge in [-0.15, -0.1) is 0 Å². The van der Waals surface area contributed by atoms with Gasteiger partial charge >= 0.3 is 6.18 Å². The van der Waals surface area contributed by atoms with Crippen molar-refractivity contribution in [1.82, 2.24) is 14.1 Å². The van der Waals surface area contributed by atoms with E-state index in [0.29, 0.717) is 28.0 Å². The van der Waals surface area contributed by atoms with Crippen LogP contribution in [0, 0.1) is 27.7 Å². The van der Waals surface area contributed by atoms with Crippen molar-refractivity contribution < 1.29 is 13.2 Å². The number of hydrogen-bond acceptors (Lipinski definition) is 1. The number of fused-ring (bicyclic) bond motifs is 6. The van der Waals surface area contributed by atoms with E-state index in [-0.39, 0.29) is 5.69 Å². The summed E-state index contributed by atoms with van der Waals surface area (Å²) in [5, 5.41) is 3.63. The lowest BCUT2D eigenvalue weighted by Gasteiger charge is -2.22. The Hall–Kier alpha value is -7.70. The van der Waals surface area contributed by atoms with Crippen LogP contribution in [0.15, 0.2) is 182 Å². The molecule has 0 spiro atoms. The Bertz CT molecular complexity index is 3610. The Morgan fingerprint density at radius 3 is 1.36 bits per heavy atom. The van der Waals surface area contributed by atoms with E-state index in [4.69, 9.17) is 4.98 Å². The highest BCUT2D eigenvalue weighted by atomic mass is 19.4. The molecule has 8 aromatic carbocycles. The molecule has 0 amide bonds. The van der Waals surface area contributed by atoms with Crippen molar-refractivity contribution >= 4 is 43.6 Å². The van der Waals surface area contributed by atoms with Gasteiger partial charge in [-0.3, -0.25) is 0 Å². The molecule has 0 atom stereocenters. The third-order valence-electron chi connectivity index (χ3n) is 12.5. The predicted molar refractivity (Wildman–Crippen MR) is 259 cm³/mol. The second-order valence-electron chi connectivity index (χ2n) is 17.1. The molecule has 64 heavy (non-hydrogen) atoms. The molecule has 0 aliphatic rings. The van der Waals surface area contributed by atoms with Crippen LogP contribution in [0.5, 0.6) is 0 Å². The standard InChI is InChI=1S/C58H42F3N3/c1-35-25-36(2)28-42(27-35)40-21-23-46-44-15-8-10-19-52(44)63(54(46)31-40)56-34-49(58(59,60)61)57(33-48(56)51-18-12-17-50(62-51)39-13-6-5-7-14-39)64-53-20-11-9-16-45(53)47-24-22-41(32-55(47)64)43-29-37(3)26-38(4)30-43/h5-34H,1-4H3. The molecule has 0 unspecified atom stereocenters. The first-order valence-corrected chi connectivity index (χ1v) is 21.5. The molecule has 11 aromatic rings. The minimum atomic E-state index is -4.74. The van der Waals surface area contributed by atoms with Crippen molar-refractivity contribution in [3.8, 4) is 56.1 Å². The third kappa shape index (κ3) is 6.65. The first-order chi connectivity index (χ1) is 31.0. The molecule has 0 saturated heterocycles. The van der Waals surface area contributed by atoms with Crippen molar-refractivity contribution in [2.24, 2.45) is 0 Å². The quantitative estimate of drug-likeness (QED) is 0.164. The van der Waals surface area contributed by atoms with Crippen molar-refractivity contribution in [3.63, 3.8) is 0 Å². The van der Waals surface area contributed by atoms with Gasteiger partial charge in [0.2, 0.25) is 0 Å². The average Bonchev–Trinajstić information content (AvgIpc) is 3.80. The van der Waals surface area contributed by atoms with Crippen LogP contribution in [-0.4, -0.2) is 14.1 Å². The van der Waals surface area contributed by atoms with Gasteiger partial charge in [-0.05, 0) is 98.5 Å². The Labute approximate surface area is 369 Å². The molecule has 0 bridgehead atoms. The fraction of sp³-hybridized carbons (Fsp3) is 0.0862. The lowest BCUT2D eigenvalue weighted by atomic mass is 9.99. The number of pyridine rings is 1. The number of halogens is 3. The van der Waals surface area contributed by atoms with E-state index in [1.807, 2.05) is 114 Å². The summed E-state index contributed by atoms with van der Waals surface area (Å²) in [5.74, 6) is 0. The Balaban J connectivity index is 1.27. The second-order valence-corrected chi connectivity index (χ2v) is 17.1. The van der Waals surface area contributed by atoms with E-state index in [0.717, 1.165) is 88.3 Å². The van der Waals surface area contributed by atoms with E-state index in [2.05, 4.69) is 88.4 Å². The zero-order valence-electron chi connectivity index (χ0n) is 35.8. The van der Waals surface area contributed by atoms with Gasteiger partial charge in [-0.2, -0.15) is 13.2 Å². The molecule has 6 heteroatoms. The van der Waals surface area contributed by atoms with E-state index < -0.39 is 11.7 Å². The van der Waals surface area contributed by atoms with Gasteiger partial charge in [0.15, 0.2) is 0 Å². The summed E-state index contributed by atoms with van der Waals surface area (Å²) in [5.41, 5.74) is 13.9. The molecule has 3 aromatic heterocycles. The zero-order chi connectivity index (χ0) is 43.9. The first kappa shape index (κ1) is 39.2. The molecule has 0 aliphatic carbocycles. The van der Waals surface area contributed by atoms with Crippen LogP contribution in [0.1, 0.15) is 27.8 Å². The maximum Gasteiger partial charge on any atom is 0.418 e. The Morgan fingerprint density at radius 1 is 0.359 bits per heavy atom. The van der Waals surface area contributed by atoms with Gasteiger partial charge in [0.25, 0.3) is 0 Å². The van der Waals surface area contributed by atoms with Gasteiger partial charge in [0.05, 0.1) is 50.4 Å². The molecule has 0 fully saturated rings. The highest BCUT2D eigenvalue weighted by molar-refractivity contribution is 6.12. The molecule has 0 saturated carbocycles. The summed E-state index contributed by atoms with van der Waals surface area (Å²) in [4.78, 5) is 5.23. The third-order valence-corrected chi connectivity index (χ3v) is 12.5. The number of aromatic nitrogens is 3. The maximum absolute atomic E-state index is 16.3. The van der Waals surface area contributed by atoms with Gasteiger partial charge in [0, 0.05) is 32.7 Å². The van der Waals surface area contributed by atoms with Crippen LogP contribution < -0.4 is 0 Å². The van der Waals surface area contributed by atoms with Crippen LogP contribution in [0.2, 0.25) is 0 Å². The largest absolute Gasteiger partial charge is 0.418 e. The minimum Gasteiger partial charge on any atom is -0.309 e. The lowest BCUT2D eigenvalue weighted by molar-refractivity contribution is -0.137. The summed E-state index contributed by atoms with van der Waals surface area (Å²) in [6, 6.07) is 59.7. The molecule has 11 rings (SSSR count). The highest BCUT2D eigenvalue weighted by Crippen LogP contribution is 2.46. The maximum atomic E-state index is 16.3. The van der Waals surface area contributed by atoms with Crippen LogP contribution in [0.3, 0.4) is 0 Å². The number of aryl methyl sites for hydroxylation is 4. The zero-order valence-corrected chi connectivity index (χ0v) is 35.8. The molecular formula is C58H42F3N3. The molecule has 3 nitrogen and oxygen atoms in total. The normalized spacial score (nSPS) is 12.0. The molecular weight excluding hydrogens is 796 g/mol. The molecule has 3 heterocycles. The van der Waals surface area contributed by atoms with E-state index in [1.54, 1.807) is 10.6 Å². The van der Waals surface area contributed by atoms with Crippen molar-refractivity contribution in [3.05, 3.63) is 210 Å². The number of para-hydroxylation sites is 2. The molecule has 0 N–H and O–H groups in total. The Morgan fingerprint density at radius 2 is 0.828 bits per heavy atom. The smallest absolute Gasteiger partial charge is 0.309 e. The fourth-order valence-electron chi connectivity index (χ4n) is 9.84. The molecule has 310 valence electrons. The number of hydrogen-bond donors (Lipinski definition) is 0. The number of nitrogens with zero attached hydrogens (tertiary/aromatic N) is 3. The second kappa shape index (κ2) is 15.0. The first-order valence-electron chi connectivity index (χ1n) is 21.5. The van der Waals surface area contributed by atoms with Gasteiger partial charge in [-0.25, -0.2) is 4.98 Å². The summed E-state index contributed by atoms with van der Waals surface area (Å²) in [6.07, 6.45) is -4.74. The van der Waals surface area contributed by atoms with E-state index in [1.165, 1.54) is 6.07 Å². The molecule has 0 aliphatic heterocycles. The Kier molecular flexibility index (Phi) is 9.17. The number of alkyl halides is 3. The highest BCUT2D eigenvalue weighted by Gasteiger charge is 2.37. The predicted octanol–water partition coefficient (Wildman–Crippen LogP) is 16.2. The monoisotopic (exact) mass is 837 g/mol. The van der Waals surface area contributed by atoms with Gasteiger partial charge in [-0.1, -0.05) is 156 Å². The average molecular weight is 838 g/mol. The summed E-state index contributed by atoms with van der Waals surface area (Å²) < 4.78 is 52.6. The van der Waals surface area contributed by atoms with Crippen molar-refractivity contribution in [1.29, 1.82) is 0 Å². The number of benzene rings is 8. The summed E-state index contributed by atoms with van der Waals surface area (Å²) in [6.45, 7) is 8.28. The summed E-state index contributed by atoms with van der Waals surface area (Å²) in [7, 11) is 0. The fourth-order valence-corrected chi connectivity index (χ4v) is 9.84. The van der Waals surface area contributed by atoms with Crippen molar-refractivity contribution in [2.75, 3.05) is 0 Å². The lowest BCUT2D eigenvalue weighted by Crippen LogP contribution is -2.13. The van der Waals surface area contributed by atoms with Crippen LogP contribution >= 0.6 is 0 Å². The van der Waals surface area contributed by atoms with Crippen LogP contribution in [0.25, 0.3) is 99.8 Å². The van der Waals surface area contributed by atoms with Gasteiger partial charge in [0.1, 0.15) is 0 Å². The van der Waals surface area contributed by atoms with Crippen molar-refractivity contribution in [2.45, 2.75) is 33.9 Å². The molecule has 0 radical (unpaired) electrons. The van der Waals surface area contributed by atoms with Gasteiger partial charge < -0.3 is 9.13 Å². The topological polar surface area (TPSA) is 22.8 Å². The van der Waals surface area contributed by atoms with E-state index in [9.17, 15) is 0 Å².